The van der Waals surface area contributed by atoms with Gasteiger partial charge in [0.05, 0.1) is 12.0 Å². The van der Waals surface area contributed by atoms with Crippen LogP contribution in [0, 0.1) is 12.8 Å². The smallest absolute Gasteiger partial charge is 0.227 e. The number of hydrogen-bond acceptors (Lipinski definition) is 4. The van der Waals surface area contributed by atoms with Crippen molar-refractivity contribution in [2.45, 2.75) is 76.0 Å². The summed E-state index contributed by atoms with van der Waals surface area (Å²) in [4.78, 5) is 18.0. The summed E-state index contributed by atoms with van der Waals surface area (Å²) in [6.45, 7) is 4.01. The van der Waals surface area contributed by atoms with Crippen LogP contribution in [0.5, 0.6) is 0 Å². The van der Waals surface area contributed by atoms with Gasteiger partial charge in [0.1, 0.15) is 11.3 Å². The van der Waals surface area contributed by atoms with E-state index in [2.05, 4.69) is 18.0 Å². The van der Waals surface area contributed by atoms with Crippen molar-refractivity contribution < 1.29 is 13.9 Å². The van der Waals surface area contributed by atoms with Gasteiger partial charge < -0.3 is 19.0 Å². The molecule has 5 heteroatoms. The highest BCUT2D eigenvalue weighted by Gasteiger charge is 2.47. The zero-order chi connectivity index (χ0) is 21.6. The highest BCUT2D eigenvalue weighted by Crippen LogP contribution is 2.43. The summed E-state index contributed by atoms with van der Waals surface area (Å²) >= 11 is 0. The van der Waals surface area contributed by atoms with Gasteiger partial charge in [0.15, 0.2) is 0 Å². The van der Waals surface area contributed by atoms with Crippen molar-refractivity contribution in [3.63, 3.8) is 0 Å². The lowest BCUT2D eigenvalue weighted by Gasteiger charge is -2.48. The Hall–Kier alpha value is -1.85. The van der Waals surface area contributed by atoms with Crippen LogP contribution in [0.3, 0.4) is 0 Å². The van der Waals surface area contributed by atoms with Crippen LogP contribution in [0.2, 0.25) is 0 Å². The number of hydrogen-bond donors (Lipinski definition) is 0. The molecule has 3 atom stereocenters. The number of rotatable bonds is 6. The molecule has 1 aromatic carbocycles. The van der Waals surface area contributed by atoms with Gasteiger partial charge in [0.25, 0.3) is 0 Å². The number of para-hydroxylation sites is 1. The second-order valence-electron chi connectivity index (χ2n) is 10.2. The summed E-state index contributed by atoms with van der Waals surface area (Å²) < 4.78 is 12.2. The molecular weight excluding hydrogens is 388 g/mol. The number of benzene rings is 1. The van der Waals surface area contributed by atoms with E-state index in [0.717, 1.165) is 60.6 Å². The van der Waals surface area contributed by atoms with Gasteiger partial charge in [0, 0.05) is 43.2 Å². The van der Waals surface area contributed by atoms with Crippen molar-refractivity contribution in [3.8, 4) is 0 Å². The fourth-order valence-corrected chi connectivity index (χ4v) is 5.98. The van der Waals surface area contributed by atoms with E-state index in [-0.39, 0.29) is 17.6 Å². The number of fused-ring (bicyclic) bond motifs is 1. The third-order valence-electron chi connectivity index (χ3n) is 8.03. The van der Waals surface area contributed by atoms with E-state index in [9.17, 15) is 4.79 Å². The Morgan fingerprint density at radius 3 is 2.68 bits per heavy atom. The SMILES string of the molecule is Cc1oc2ccccc2c1CC(=O)N(C)[C@H]1CC[C@]2(CCCO2)C[C@@H]1N(C)CC1CC1. The number of furan rings is 1. The first kappa shape index (κ1) is 21.0. The Kier molecular flexibility index (Phi) is 5.59. The Bertz CT molecular complexity index is 941. The fourth-order valence-electron chi connectivity index (χ4n) is 5.98. The maximum atomic E-state index is 13.5. The minimum Gasteiger partial charge on any atom is -0.461 e. The summed E-state index contributed by atoms with van der Waals surface area (Å²) in [6.07, 6.45) is 8.58. The van der Waals surface area contributed by atoms with E-state index in [0.29, 0.717) is 12.5 Å². The van der Waals surface area contributed by atoms with Crippen LogP contribution in [-0.4, -0.2) is 60.6 Å². The highest BCUT2D eigenvalue weighted by molar-refractivity contribution is 5.88. The van der Waals surface area contributed by atoms with E-state index >= 15 is 0 Å². The first-order valence-electron chi connectivity index (χ1n) is 12.0. The van der Waals surface area contributed by atoms with Crippen molar-refractivity contribution in [2.24, 2.45) is 5.92 Å². The van der Waals surface area contributed by atoms with Crippen molar-refractivity contribution in [3.05, 3.63) is 35.6 Å². The third kappa shape index (κ3) is 4.14. The zero-order valence-corrected chi connectivity index (χ0v) is 19.2. The minimum atomic E-state index is 0.0419. The highest BCUT2D eigenvalue weighted by atomic mass is 16.5. The largest absolute Gasteiger partial charge is 0.461 e. The first-order chi connectivity index (χ1) is 15.0. The lowest BCUT2D eigenvalue weighted by atomic mass is 9.76. The predicted molar refractivity (Wildman–Crippen MR) is 122 cm³/mol. The molecule has 168 valence electrons. The molecule has 0 radical (unpaired) electrons. The summed E-state index contributed by atoms with van der Waals surface area (Å²) in [7, 11) is 4.27. The molecule has 3 aliphatic rings. The van der Waals surface area contributed by atoms with Crippen molar-refractivity contribution in [2.75, 3.05) is 27.2 Å². The molecule has 2 heterocycles. The van der Waals surface area contributed by atoms with Gasteiger partial charge in [-0.2, -0.15) is 0 Å². The summed E-state index contributed by atoms with van der Waals surface area (Å²) in [5.41, 5.74) is 1.94. The molecule has 3 fully saturated rings. The van der Waals surface area contributed by atoms with Gasteiger partial charge in [-0.1, -0.05) is 18.2 Å². The monoisotopic (exact) mass is 424 g/mol. The van der Waals surface area contributed by atoms with Crippen molar-refractivity contribution in [1.29, 1.82) is 0 Å². The molecule has 31 heavy (non-hydrogen) atoms. The van der Waals surface area contributed by atoms with Gasteiger partial charge in [0.2, 0.25) is 5.91 Å². The number of likely N-dealkylation sites (N-methyl/N-ethyl adjacent to an activating group) is 2. The average molecular weight is 425 g/mol. The Morgan fingerprint density at radius 2 is 1.94 bits per heavy atom. The molecular formula is C26H36N2O3. The van der Waals surface area contributed by atoms with Crippen LogP contribution in [0.4, 0.5) is 0 Å². The second-order valence-corrected chi connectivity index (χ2v) is 10.2. The van der Waals surface area contributed by atoms with Crippen molar-refractivity contribution >= 4 is 16.9 Å². The third-order valence-corrected chi connectivity index (χ3v) is 8.03. The molecule has 5 rings (SSSR count). The maximum absolute atomic E-state index is 13.5. The molecule has 1 saturated heterocycles. The number of nitrogens with zero attached hydrogens (tertiary/aromatic N) is 2. The van der Waals surface area contributed by atoms with Crippen LogP contribution in [0.15, 0.2) is 28.7 Å². The van der Waals surface area contributed by atoms with E-state index in [4.69, 9.17) is 9.15 Å². The van der Waals surface area contributed by atoms with Crippen LogP contribution >= 0.6 is 0 Å². The molecule has 0 unspecified atom stereocenters. The Labute approximate surface area is 185 Å². The summed E-state index contributed by atoms with van der Waals surface area (Å²) in [6, 6.07) is 8.63. The van der Waals surface area contributed by atoms with Crippen LogP contribution in [0.25, 0.3) is 11.0 Å². The number of ether oxygens (including phenoxy) is 1. The Balaban J connectivity index is 1.34. The molecule has 1 aromatic heterocycles. The summed E-state index contributed by atoms with van der Waals surface area (Å²) in [5, 5.41) is 1.06. The lowest BCUT2D eigenvalue weighted by molar-refractivity contribution is -0.136. The molecule has 0 bridgehead atoms. The van der Waals surface area contributed by atoms with Gasteiger partial charge in [-0.05, 0) is 70.9 Å². The van der Waals surface area contributed by atoms with Crippen LogP contribution in [-0.2, 0) is 16.0 Å². The Morgan fingerprint density at radius 1 is 1.13 bits per heavy atom. The summed E-state index contributed by atoms with van der Waals surface area (Å²) in [5.74, 6) is 1.88. The zero-order valence-electron chi connectivity index (χ0n) is 19.2. The lowest BCUT2D eigenvalue weighted by Crippen LogP contribution is -2.58. The molecule has 2 saturated carbocycles. The number of amides is 1. The molecule has 1 spiro atoms. The van der Waals surface area contributed by atoms with Gasteiger partial charge >= 0.3 is 0 Å². The second kappa shape index (κ2) is 8.25. The van der Waals surface area contributed by atoms with Gasteiger partial charge in [-0.3, -0.25) is 4.79 Å². The average Bonchev–Trinajstić information content (AvgIpc) is 3.38. The fraction of sp³-hybridized carbons (Fsp3) is 0.654. The van der Waals surface area contributed by atoms with Gasteiger partial charge in [-0.25, -0.2) is 0 Å². The standard InChI is InChI=1S/C26H36N2O3/c1-18-21(20-7-4-5-8-24(20)31-18)15-25(29)28(3)22-11-13-26(12-6-14-30-26)16-23(22)27(2)17-19-9-10-19/h4-5,7-8,19,22-23H,6,9-17H2,1-3H3/t22-,23-,26+/m0/s1. The molecule has 1 aliphatic heterocycles. The number of carbonyl (C=O) groups is 1. The molecule has 1 amide bonds. The van der Waals surface area contributed by atoms with E-state index in [1.165, 1.54) is 25.7 Å². The number of aryl methyl sites for hydroxylation is 1. The molecule has 2 aromatic rings. The van der Waals surface area contributed by atoms with Gasteiger partial charge in [-0.15, -0.1) is 0 Å². The van der Waals surface area contributed by atoms with E-state index in [1.54, 1.807) is 0 Å². The number of carbonyl (C=O) groups excluding carboxylic acids is 1. The molecule has 5 nitrogen and oxygen atoms in total. The van der Waals surface area contributed by atoms with E-state index in [1.807, 2.05) is 37.1 Å². The molecule has 0 N–H and O–H groups in total. The quantitative estimate of drug-likeness (QED) is 0.682. The van der Waals surface area contributed by atoms with Crippen molar-refractivity contribution in [1.82, 2.24) is 9.80 Å². The normalized spacial score (nSPS) is 28.6. The predicted octanol–water partition coefficient (Wildman–Crippen LogP) is 4.55. The molecule has 2 aliphatic carbocycles. The van der Waals surface area contributed by atoms with Crippen LogP contribution < -0.4 is 0 Å². The minimum absolute atomic E-state index is 0.0419. The van der Waals surface area contributed by atoms with Crippen LogP contribution in [0.1, 0.15) is 56.3 Å². The first-order valence-corrected chi connectivity index (χ1v) is 12.0. The van der Waals surface area contributed by atoms with E-state index < -0.39 is 0 Å². The topological polar surface area (TPSA) is 45.9 Å². The maximum Gasteiger partial charge on any atom is 0.227 e.